The fourth-order valence-corrected chi connectivity index (χ4v) is 3.58. The Bertz CT molecular complexity index is 614. The molecule has 0 saturated carbocycles. The van der Waals surface area contributed by atoms with Crippen molar-refractivity contribution in [2.45, 2.75) is 51.9 Å². The first-order chi connectivity index (χ1) is 12.3. The minimum Gasteiger partial charge on any atom is -0.455 e. The Balaban J connectivity index is 2.01. The van der Waals surface area contributed by atoms with E-state index in [0.717, 1.165) is 12.0 Å². The van der Waals surface area contributed by atoms with Gasteiger partial charge in [0.05, 0.1) is 12.2 Å². The predicted molar refractivity (Wildman–Crippen MR) is 100 cm³/mol. The van der Waals surface area contributed by atoms with E-state index in [9.17, 15) is 15.0 Å². The number of hydrogen-bond donors (Lipinski definition) is 3. The van der Waals surface area contributed by atoms with Crippen molar-refractivity contribution in [3.63, 3.8) is 0 Å². The molecule has 0 heterocycles. The summed E-state index contributed by atoms with van der Waals surface area (Å²) in [5.74, 6) is -0.358. The summed E-state index contributed by atoms with van der Waals surface area (Å²) in [5.41, 5.74) is 0.625. The Morgan fingerprint density at radius 2 is 2.15 bits per heavy atom. The van der Waals surface area contributed by atoms with Crippen LogP contribution >= 0.6 is 0 Å². The monoisotopic (exact) mass is 362 g/mol. The molecule has 2 rings (SSSR count). The number of aliphatic hydroxyl groups excluding tert-OH is 3. The maximum Gasteiger partial charge on any atom is 0.331 e. The van der Waals surface area contributed by atoms with Gasteiger partial charge in [0.25, 0.3) is 0 Å². The molecule has 0 aromatic carbocycles. The summed E-state index contributed by atoms with van der Waals surface area (Å²) >= 11 is 0. The first-order valence-electron chi connectivity index (χ1n) is 9.24. The van der Waals surface area contributed by atoms with E-state index < -0.39 is 18.2 Å². The van der Waals surface area contributed by atoms with Crippen molar-refractivity contribution in [1.82, 2.24) is 0 Å². The smallest absolute Gasteiger partial charge is 0.331 e. The van der Waals surface area contributed by atoms with E-state index in [1.54, 1.807) is 18.2 Å². The van der Waals surface area contributed by atoms with Gasteiger partial charge in [0.1, 0.15) is 6.10 Å². The third-order valence-electron chi connectivity index (χ3n) is 5.74. The Morgan fingerprint density at radius 1 is 1.42 bits per heavy atom. The van der Waals surface area contributed by atoms with Crippen LogP contribution in [0.3, 0.4) is 0 Å². The SMILES string of the molecule is CCC(C=CC=CC(=O)OC1C=CC2=CC(O)C(O)CC2(C)C1C)CO. The zero-order valence-electron chi connectivity index (χ0n) is 15.7. The van der Waals surface area contributed by atoms with Crippen molar-refractivity contribution in [1.29, 1.82) is 0 Å². The molecule has 0 bridgehead atoms. The van der Waals surface area contributed by atoms with Crippen LogP contribution in [0.4, 0.5) is 0 Å². The maximum atomic E-state index is 12.1. The second-order valence-electron chi connectivity index (χ2n) is 7.45. The van der Waals surface area contributed by atoms with Crippen LogP contribution in [0.5, 0.6) is 0 Å². The summed E-state index contributed by atoms with van der Waals surface area (Å²) in [6.45, 7) is 6.10. The van der Waals surface area contributed by atoms with E-state index in [4.69, 9.17) is 9.84 Å². The molecule has 0 radical (unpaired) electrons. The largest absolute Gasteiger partial charge is 0.455 e. The van der Waals surface area contributed by atoms with Crippen LogP contribution in [0.2, 0.25) is 0 Å². The standard InChI is InChI=1S/C21H30O5/c1-4-15(13-22)7-5-6-8-20(25)26-19-10-9-16-11-17(23)18(24)12-21(16,3)14(19)2/h5-11,14-15,17-19,22-24H,4,12-13H2,1-3H3. The van der Waals surface area contributed by atoms with Gasteiger partial charge in [-0.1, -0.05) is 45.1 Å². The lowest BCUT2D eigenvalue weighted by atomic mass is 9.61. The summed E-state index contributed by atoms with van der Waals surface area (Å²) in [5, 5.41) is 29.0. The highest BCUT2D eigenvalue weighted by molar-refractivity contribution is 5.82. The highest BCUT2D eigenvalue weighted by Crippen LogP contribution is 2.48. The number of aliphatic hydroxyl groups is 3. The van der Waals surface area contributed by atoms with E-state index in [-0.39, 0.29) is 30.0 Å². The van der Waals surface area contributed by atoms with E-state index >= 15 is 0 Å². The number of hydrogen-bond acceptors (Lipinski definition) is 5. The molecule has 0 amide bonds. The Kier molecular flexibility index (Phi) is 6.98. The molecule has 6 atom stereocenters. The number of carbonyl (C=O) groups excluding carboxylic acids is 1. The van der Waals surface area contributed by atoms with E-state index in [0.29, 0.717) is 6.42 Å². The molecular formula is C21H30O5. The van der Waals surface area contributed by atoms with Crippen molar-refractivity contribution in [3.8, 4) is 0 Å². The summed E-state index contributed by atoms with van der Waals surface area (Å²) in [6, 6.07) is 0. The second-order valence-corrected chi connectivity index (χ2v) is 7.45. The van der Waals surface area contributed by atoms with Crippen LogP contribution in [0.15, 0.2) is 48.1 Å². The zero-order valence-corrected chi connectivity index (χ0v) is 15.7. The number of carbonyl (C=O) groups is 1. The summed E-state index contributed by atoms with van der Waals surface area (Å²) in [4.78, 5) is 12.1. The van der Waals surface area contributed by atoms with Crippen LogP contribution in [0.25, 0.3) is 0 Å². The van der Waals surface area contributed by atoms with E-state index in [1.165, 1.54) is 6.08 Å². The zero-order chi connectivity index (χ0) is 19.3. The number of esters is 1. The Labute approximate surface area is 155 Å². The lowest BCUT2D eigenvalue weighted by molar-refractivity contribution is -0.145. The lowest BCUT2D eigenvalue weighted by Crippen LogP contribution is -2.46. The maximum absolute atomic E-state index is 12.1. The highest BCUT2D eigenvalue weighted by Gasteiger charge is 2.46. The first kappa shape index (κ1) is 20.6. The number of rotatable bonds is 6. The van der Waals surface area contributed by atoms with Gasteiger partial charge in [-0.2, -0.15) is 0 Å². The molecule has 2 aliphatic rings. The van der Waals surface area contributed by atoms with Crippen LogP contribution in [-0.4, -0.2) is 46.2 Å². The molecule has 3 N–H and O–H groups in total. The van der Waals surface area contributed by atoms with Crippen molar-refractivity contribution in [2.24, 2.45) is 17.3 Å². The van der Waals surface area contributed by atoms with Gasteiger partial charge >= 0.3 is 5.97 Å². The fourth-order valence-electron chi connectivity index (χ4n) is 3.58. The molecule has 5 heteroatoms. The predicted octanol–water partition coefficient (Wildman–Crippen LogP) is 2.29. The Morgan fingerprint density at radius 3 is 2.81 bits per heavy atom. The van der Waals surface area contributed by atoms with Gasteiger partial charge in [-0.25, -0.2) is 4.79 Å². The van der Waals surface area contributed by atoms with E-state index in [2.05, 4.69) is 0 Å². The molecule has 0 aromatic rings. The normalized spacial score (nSPS) is 35.4. The van der Waals surface area contributed by atoms with E-state index in [1.807, 2.05) is 39.0 Å². The molecule has 6 unspecified atom stereocenters. The first-order valence-corrected chi connectivity index (χ1v) is 9.24. The van der Waals surface area contributed by atoms with Crippen LogP contribution in [-0.2, 0) is 9.53 Å². The van der Waals surface area contributed by atoms with Gasteiger partial charge in [-0.15, -0.1) is 0 Å². The van der Waals surface area contributed by atoms with Crippen molar-refractivity contribution >= 4 is 5.97 Å². The summed E-state index contributed by atoms with van der Waals surface area (Å²) in [7, 11) is 0. The van der Waals surface area contributed by atoms with Gasteiger partial charge in [-0.05, 0) is 36.5 Å². The average Bonchev–Trinajstić information content (AvgIpc) is 2.61. The quantitative estimate of drug-likeness (QED) is 0.383. The molecular weight excluding hydrogens is 332 g/mol. The van der Waals surface area contributed by atoms with Crippen molar-refractivity contribution < 1.29 is 24.9 Å². The highest BCUT2D eigenvalue weighted by atomic mass is 16.5. The molecule has 5 nitrogen and oxygen atoms in total. The van der Waals surface area contributed by atoms with Gasteiger partial charge < -0.3 is 20.1 Å². The molecule has 2 aliphatic carbocycles. The molecule has 0 fully saturated rings. The van der Waals surface area contributed by atoms with Crippen LogP contribution in [0.1, 0.15) is 33.6 Å². The summed E-state index contributed by atoms with van der Waals surface area (Å²) < 4.78 is 5.57. The van der Waals surface area contributed by atoms with Gasteiger partial charge in [-0.3, -0.25) is 0 Å². The summed E-state index contributed by atoms with van der Waals surface area (Å²) in [6.07, 6.45) is 11.2. The Hall–Kier alpha value is -1.69. The second kappa shape index (κ2) is 8.80. The van der Waals surface area contributed by atoms with Crippen LogP contribution < -0.4 is 0 Å². The van der Waals surface area contributed by atoms with Crippen molar-refractivity contribution in [3.05, 3.63) is 48.1 Å². The molecule has 0 saturated heterocycles. The number of allylic oxidation sites excluding steroid dienone is 4. The minimum atomic E-state index is -0.852. The molecule has 144 valence electrons. The molecule has 26 heavy (non-hydrogen) atoms. The topological polar surface area (TPSA) is 87.0 Å². The van der Waals surface area contributed by atoms with Crippen molar-refractivity contribution in [2.75, 3.05) is 6.61 Å². The van der Waals surface area contributed by atoms with Gasteiger partial charge in [0.15, 0.2) is 0 Å². The van der Waals surface area contributed by atoms with Gasteiger partial charge in [0.2, 0.25) is 0 Å². The number of fused-ring (bicyclic) bond motifs is 1. The minimum absolute atomic E-state index is 0.0207. The fraction of sp³-hybridized carbons (Fsp3) is 0.571. The molecule has 0 aliphatic heterocycles. The molecule has 0 spiro atoms. The number of ether oxygens (including phenoxy) is 1. The average molecular weight is 362 g/mol. The lowest BCUT2D eigenvalue weighted by Gasteiger charge is -2.47. The third-order valence-corrected chi connectivity index (χ3v) is 5.74. The van der Waals surface area contributed by atoms with Crippen LogP contribution in [0, 0.1) is 17.3 Å². The van der Waals surface area contributed by atoms with Gasteiger partial charge in [0, 0.05) is 24.0 Å². The molecule has 0 aromatic heterocycles. The third kappa shape index (κ3) is 4.53.